The lowest BCUT2D eigenvalue weighted by atomic mass is 9.79. The third-order valence-electron chi connectivity index (χ3n) is 7.41. The molecule has 0 spiro atoms. The van der Waals surface area contributed by atoms with E-state index in [4.69, 9.17) is 13.9 Å². The number of methoxy groups -OCH3 is 1. The van der Waals surface area contributed by atoms with Crippen LogP contribution in [0.3, 0.4) is 0 Å². The second-order valence-corrected chi connectivity index (χ2v) is 9.66. The SMILES string of the molecule is COc1cc([C@@H]2c3c(c4ccccc4oc3=O)Nc3ccc4ccccc4c32)ccc1OCc1ccccc1. The lowest BCUT2D eigenvalue weighted by Gasteiger charge is -2.31. The number of nitrogens with one attached hydrogen (secondary N) is 1. The molecule has 6 aromatic rings. The Morgan fingerprint density at radius 1 is 0.769 bits per heavy atom. The standard InChI is InChI=1S/C34H25NO4/c1-37-29-19-23(16-18-28(29)38-20-21-9-3-2-4-10-21)30-31-24-12-6-5-11-22(24)15-17-26(31)35-33-25-13-7-8-14-27(25)39-34(36)32(30)33/h2-19,30,35H,20H2,1H3/t30-/m0/s1. The molecular weight excluding hydrogens is 486 g/mol. The summed E-state index contributed by atoms with van der Waals surface area (Å²) >= 11 is 0. The molecule has 1 aliphatic heterocycles. The van der Waals surface area contributed by atoms with E-state index in [1.54, 1.807) is 7.11 Å². The number of rotatable bonds is 5. The Balaban J connectivity index is 1.43. The summed E-state index contributed by atoms with van der Waals surface area (Å²) in [5, 5.41) is 6.63. The van der Waals surface area contributed by atoms with Crippen LogP contribution >= 0.6 is 0 Å². The van der Waals surface area contributed by atoms with Crippen LogP contribution in [0.4, 0.5) is 11.4 Å². The summed E-state index contributed by atoms with van der Waals surface area (Å²) < 4.78 is 17.8. The summed E-state index contributed by atoms with van der Waals surface area (Å²) in [6.45, 7) is 0.426. The fraction of sp³-hybridized carbons (Fsp3) is 0.0882. The minimum atomic E-state index is -0.375. The molecule has 190 valence electrons. The Hall–Kier alpha value is -5.03. The van der Waals surface area contributed by atoms with E-state index in [9.17, 15) is 4.79 Å². The normalized spacial score (nSPS) is 13.9. The Morgan fingerprint density at radius 2 is 1.54 bits per heavy atom. The molecule has 2 heterocycles. The van der Waals surface area contributed by atoms with Crippen LogP contribution in [0.1, 0.15) is 28.2 Å². The molecule has 0 unspecified atom stereocenters. The van der Waals surface area contributed by atoms with E-state index in [0.29, 0.717) is 29.3 Å². The predicted octanol–water partition coefficient (Wildman–Crippen LogP) is 7.77. The summed E-state index contributed by atoms with van der Waals surface area (Å²) in [5.41, 5.74) is 5.54. The Kier molecular flexibility index (Phi) is 5.55. The first-order chi connectivity index (χ1) is 19.2. The molecule has 0 amide bonds. The van der Waals surface area contributed by atoms with Gasteiger partial charge in [0, 0.05) is 17.0 Å². The van der Waals surface area contributed by atoms with E-state index in [1.165, 1.54) is 0 Å². The highest BCUT2D eigenvalue weighted by Gasteiger charge is 2.34. The second kappa shape index (κ2) is 9.37. The molecule has 0 bridgehead atoms. The van der Waals surface area contributed by atoms with Crippen LogP contribution in [0.5, 0.6) is 11.5 Å². The van der Waals surface area contributed by atoms with Crippen molar-refractivity contribution in [1.29, 1.82) is 0 Å². The highest BCUT2D eigenvalue weighted by molar-refractivity contribution is 6.00. The molecular formula is C34H25NO4. The third-order valence-corrected chi connectivity index (χ3v) is 7.41. The van der Waals surface area contributed by atoms with Crippen molar-refractivity contribution in [2.24, 2.45) is 0 Å². The second-order valence-electron chi connectivity index (χ2n) is 9.66. The van der Waals surface area contributed by atoms with Gasteiger partial charge in [0.2, 0.25) is 0 Å². The van der Waals surface area contributed by atoms with Crippen molar-refractivity contribution in [3.05, 3.63) is 142 Å². The summed E-state index contributed by atoms with van der Waals surface area (Å²) in [5.74, 6) is 0.874. The largest absolute Gasteiger partial charge is 0.493 e. The maximum Gasteiger partial charge on any atom is 0.342 e. The molecule has 5 heteroatoms. The number of fused-ring (bicyclic) bond motifs is 6. The molecule has 0 saturated heterocycles. The Bertz CT molecular complexity index is 1910. The zero-order valence-electron chi connectivity index (χ0n) is 21.3. The van der Waals surface area contributed by atoms with Crippen LogP contribution in [0.2, 0.25) is 0 Å². The zero-order chi connectivity index (χ0) is 26.3. The summed E-state index contributed by atoms with van der Waals surface area (Å²) in [4.78, 5) is 13.6. The molecule has 0 fully saturated rings. The van der Waals surface area contributed by atoms with Gasteiger partial charge in [-0.3, -0.25) is 0 Å². The van der Waals surface area contributed by atoms with Crippen molar-refractivity contribution in [3.8, 4) is 11.5 Å². The van der Waals surface area contributed by atoms with E-state index < -0.39 is 0 Å². The number of ether oxygens (including phenoxy) is 2. The van der Waals surface area contributed by atoms with Crippen LogP contribution in [0.15, 0.2) is 118 Å². The highest BCUT2D eigenvalue weighted by atomic mass is 16.5. The number of benzene rings is 5. The molecule has 39 heavy (non-hydrogen) atoms. The number of para-hydroxylation sites is 1. The van der Waals surface area contributed by atoms with E-state index in [1.807, 2.05) is 84.9 Å². The first-order valence-corrected chi connectivity index (χ1v) is 12.9. The van der Waals surface area contributed by atoms with Gasteiger partial charge in [-0.1, -0.05) is 78.9 Å². The van der Waals surface area contributed by atoms with E-state index in [2.05, 4.69) is 29.6 Å². The van der Waals surface area contributed by atoms with E-state index >= 15 is 0 Å². The minimum Gasteiger partial charge on any atom is -0.493 e. The van der Waals surface area contributed by atoms with Crippen molar-refractivity contribution in [1.82, 2.24) is 0 Å². The quantitative estimate of drug-likeness (QED) is 0.239. The number of anilines is 2. The first-order valence-electron chi connectivity index (χ1n) is 12.9. The number of hydrogen-bond donors (Lipinski definition) is 1. The van der Waals surface area contributed by atoms with Gasteiger partial charge < -0.3 is 19.2 Å². The van der Waals surface area contributed by atoms with Gasteiger partial charge in [0.05, 0.1) is 18.4 Å². The molecule has 1 N–H and O–H groups in total. The van der Waals surface area contributed by atoms with Gasteiger partial charge in [-0.2, -0.15) is 0 Å². The molecule has 7 rings (SSSR count). The Labute approximate surface area is 225 Å². The number of hydrogen-bond acceptors (Lipinski definition) is 5. The maximum atomic E-state index is 13.6. The zero-order valence-corrected chi connectivity index (χ0v) is 21.3. The monoisotopic (exact) mass is 511 g/mol. The molecule has 0 saturated carbocycles. The molecule has 1 atom stereocenters. The predicted molar refractivity (Wildman–Crippen MR) is 154 cm³/mol. The maximum absolute atomic E-state index is 13.6. The van der Waals surface area contributed by atoms with Gasteiger partial charge in [0.25, 0.3) is 0 Å². The Morgan fingerprint density at radius 3 is 2.38 bits per heavy atom. The van der Waals surface area contributed by atoms with Crippen molar-refractivity contribution >= 4 is 33.1 Å². The molecule has 0 aliphatic carbocycles. The highest BCUT2D eigenvalue weighted by Crippen LogP contribution is 2.49. The summed E-state index contributed by atoms with van der Waals surface area (Å²) in [7, 11) is 1.63. The van der Waals surface area contributed by atoms with Crippen LogP contribution in [-0.2, 0) is 6.61 Å². The van der Waals surface area contributed by atoms with Gasteiger partial charge >= 0.3 is 5.63 Å². The van der Waals surface area contributed by atoms with E-state index in [0.717, 1.165) is 44.2 Å². The van der Waals surface area contributed by atoms with Crippen molar-refractivity contribution in [3.63, 3.8) is 0 Å². The van der Waals surface area contributed by atoms with Gasteiger partial charge in [-0.25, -0.2) is 4.79 Å². The fourth-order valence-electron chi connectivity index (χ4n) is 5.61. The first kappa shape index (κ1) is 23.1. The van der Waals surface area contributed by atoms with Crippen LogP contribution < -0.4 is 20.4 Å². The van der Waals surface area contributed by atoms with Gasteiger partial charge in [0.15, 0.2) is 11.5 Å². The van der Waals surface area contributed by atoms with Crippen molar-refractivity contribution < 1.29 is 13.9 Å². The van der Waals surface area contributed by atoms with Gasteiger partial charge in [-0.15, -0.1) is 0 Å². The topological polar surface area (TPSA) is 60.7 Å². The smallest absolute Gasteiger partial charge is 0.342 e. The molecule has 1 aliphatic rings. The molecule has 1 aromatic heterocycles. The van der Waals surface area contributed by atoms with Crippen molar-refractivity contribution in [2.75, 3.05) is 12.4 Å². The third kappa shape index (κ3) is 3.91. The van der Waals surface area contributed by atoms with Crippen LogP contribution in [0, 0.1) is 0 Å². The van der Waals surface area contributed by atoms with Gasteiger partial charge in [-0.05, 0) is 57.8 Å². The lowest BCUT2D eigenvalue weighted by Crippen LogP contribution is -2.22. The molecule has 0 radical (unpaired) electrons. The average Bonchev–Trinajstić information content (AvgIpc) is 2.99. The summed E-state index contributed by atoms with van der Waals surface area (Å²) in [6.07, 6.45) is 0. The fourth-order valence-corrected chi connectivity index (χ4v) is 5.61. The summed E-state index contributed by atoms with van der Waals surface area (Å²) in [6, 6.07) is 36.0. The van der Waals surface area contributed by atoms with Crippen LogP contribution in [-0.4, -0.2) is 7.11 Å². The minimum absolute atomic E-state index is 0.358. The van der Waals surface area contributed by atoms with Gasteiger partial charge in [0.1, 0.15) is 12.2 Å². The lowest BCUT2D eigenvalue weighted by molar-refractivity contribution is 0.284. The van der Waals surface area contributed by atoms with Crippen LogP contribution in [0.25, 0.3) is 21.7 Å². The molecule has 5 aromatic carbocycles. The average molecular weight is 512 g/mol. The van der Waals surface area contributed by atoms with Crippen molar-refractivity contribution in [2.45, 2.75) is 12.5 Å². The van der Waals surface area contributed by atoms with E-state index in [-0.39, 0.29) is 11.5 Å². The molecule has 5 nitrogen and oxygen atoms in total.